The van der Waals surface area contributed by atoms with Gasteiger partial charge in [0.25, 0.3) is 5.91 Å². The molecule has 1 aromatic heterocycles. The van der Waals surface area contributed by atoms with Gasteiger partial charge in [0.15, 0.2) is 0 Å². The van der Waals surface area contributed by atoms with Crippen LogP contribution in [0.4, 0.5) is 0 Å². The maximum absolute atomic E-state index is 13.1. The second-order valence-corrected chi connectivity index (χ2v) is 8.97. The van der Waals surface area contributed by atoms with Crippen LogP contribution in [-0.4, -0.2) is 17.4 Å². The van der Waals surface area contributed by atoms with Crippen molar-refractivity contribution in [1.82, 2.24) is 10.3 Å². The number of nitrogens with one attached hydrogen (secondary N) is 1. The molecule has 170 valence electrons. The van der Waals surface area contributed by atoms with Crippen molar-refractivity contribution in [2.75, 3.05) is 6.54 Å². The highest BCUT2D eigenvalue weighted by Crippen LogP contribution is 2.27. The molecule has 3 nitrogen and oxygen atoms in total. The Kier molecular flexibility index (Phi) is 9.27. The Hall–Kier alpha value is -2.68. The van der Waals surface area contributed by atoms with Crippen molar-refractivity contribution >= 4 is 16.8 Å². The van der Waals surface area contributed by atoms with Crippen molar-refractivity contribution in [2.45, 2.75) is 78.6 Å². The molecule has 1 heterocycles. The summed E-state index contributed by atoms with van der Waals surface area (Å²) in [5.74, 6) is -0.00539. The molecule has 3 aromatic rings. The van der Waals surface area contributed by atoms with Crippen molar-refractivity contribution in [1.29, 1.82) is 0 Å². The van der Waals surface area contributed by atoms with Gasteiger partial charge in [-0.15, -0.1) is 0 Å². The van der Waals surface area contributed by atoms with E-state index >= 15 is 0 Å². The number of aryl methyl sites for hydroxylation is 2. The number of hydrogen-bond acceptors (Lipinski definition) is 2. The van der Waals surface area contributed by atoms with E-state index in [2.05, 4.69) is 44.3 Å². The van der Waals surface area contributed by atoms with Gasteiger partial charge < -0.3 is 5.32 Å². The molecule has 2 aromatic carbocycles. The van der Waals surface area contributed by atoms with Crippen molar-refractivity contribution in [3.8, 4) is 11.3 Å². The fourth-order valence-corrected chi connectivity index (χ4v) is 4.34. The average Bonchev–Trinajstić information content (AvgIpc) is 2.79. The maximum Gasteiger partial charge on any atom is 0.252 e. The number of carbonyl (C=O) groups excluding carboxylic acids is 1. The number of pyridine rings is 1. The van der Waals surface area contributed by atoms with E-state index in [0.717, 1.165) is 35.1 Å². The van der Waals surface area contributed by atoms with Gasteiger partial charge in [-0.3, -0.25) is 4.79 Å². The van der Waals surface area contributed by atoms with Gasteiger partial charge in [0, 0.05) is 17.5 Å². The number of para-hydroxylation sites is 1. The van der Waals surface area contributed by atoms with Crippen LogP contribution in [0.3, 0.4) is 0 Å². The average molecular weight is 431 g/mol. The molecule has 0 atom stereocenters. The van der Waals surface area contributed by atoms with Crippen molar-refractivity contribution < 1.29 is 4.79 Å². The van der Waals surface area contributed by atoms with E-state index < -0.39 is 0 Å². The molecule has 0 saturated carbocycles. The molecule has 0 aliphatic carbocycles. The monoisotopic (exact) mass is 430 g/mol. The smallest absolute Gasteiger partial charge is 0.252 e. The molecule has 32 heavy (non-hydrogen) atoms. The molecule has 0 spiro atoms. The van der Waals surface area contributed by atoms with E-state index in [1.807, 2.05) is 30.3 Å². The van der Waals surface area contributed by atoms with Crippen LogP contribution in [0, 0.1) is 13.8 Å². The van der Waals surface area contributed by atoms with Gasteiger partial charge in [-0.05, 0) is 38.0 Å². The van der Waals surface area contributed by atoms with Gasteiger partial charge in [-0.25, -0.2) is 4.98 Å². The van der Waals surface area contributed by atoms with Crippen LogP contribution in [0.2, 0.25) is 0 Å². The Morgan fingerprint density at radius 2 is 1.53 bits per heavy atom. The molecule has 0 saturated heterocycles. The Morgan fingerprint density at radius 3 is 2.25 bits per heavy atom. The van der Waals surface area contributed by atoms with E-state index in [4.69, 9.17) is 4.98 Å². The molecule has 0 bridgehead atoms. The van der Waals surface area contributed by atoms with Crippen LogP contribution >= 0.6 is 0 Å². The van der Waals surface area contributed by atoms with Crippen LogP contribution in [0.1, 0.15) is 86.2 Å². The largest absolute Gasteiger partial charge is 0.352 e. The minimum Gasteiger partial charge on any atom is -0.352 e. The van der Waals surface area contributed by atoms with Crippen LogP contribution in [0.15, 0.2) is 48.5 Å². The third kappa shape index (κ3) is 6.66. The normalized spacial score (nSPS) is 11.1. The minimum atomic E-state index is -0.00539. The van der Waals surface area contributed by atoms with Crippen LogP contribution in [0.5, 0.6) is 0 Å². The van der Waals surface area contributed by atoms with Crippen molar-refractivity contribution in [3.63, 3.8) is 0 Å². The second kappa shape index (κ2) is 12.4. The molecule has 0 radical (unpaired) electrons. The highest BCUT2D eigenvalue weighted by atomic mass is 16.1. The molecule has 0 aliphatic heterocycles. The van der Waals surface area contributed by atoms with E-state index in [-0.39, 0.29) is 5.91 Å². The van der Waals surface area contributed by atoms with Gasteiger partial charge >= 0.3 is 0 Å². The lowest BCUT2D eigenvalue weighted by atomic mass is 9.99. The first-order valence-electron chi connectivity index (χ1n) is 12.4. The number of fused-ring (bicyclic) bond motifs is 1. The number of carbonyl (C=O) groups is 1. The molecule has 3 heteroatoms. The lowest BCUT2D eigenvalue weighted by molar-refractivity contribution is 0.0954. The number of unbranched alkanes of at least 4 members (excludes halogenated alkanes) is 8. The second-order valence-electron chi connectivity index (χ2n) is 8.97. The summed E-state index contributed by atoms with van der Waals surface area (Å²) >= 11 is 0. The minimum absolute atomic E-state index is 0.00539. The van der Waals surface area contributed by atoms with Gasteiger partial charge in [0.1, 0.15) is 0 Å². The Bertz CT molecular complexity index is 1020. The fraction of sp³-hybridized carbons (Fsp3) is 0.448. The van der Waals surface area contributed by atoms with E-state index in [1.54, 1.807) is 0 Å². The lowest BCUT2D eigenvalue weighted by Crippen LogP contribution is -2.24. The quantitative estimate of drug-likeness (QED) is 0.298. The molecular formula is C29H38N2O. The van der Waals surface area contributed by atoms with Crippen molar-refractivity contribution in [2.24, 2.45) is 0 Å². The molecule has 0 fully saturated rings. The topological polar surface area (TPSA) is 42.0 Å². The van der Waals surface area contributed by atoms with Crippen LogP contribution in [0.25, 0.3) is 22.2 Å². The van der Waals surface area contributed by atoms with E-state index in [9.17, 15) is 4.79 Å². The SMILES string of the molecule is CCCCCCCCCCCNC(=O)c1cc(-c2ccc(C)cc2C)nc2ccccc12. The zero-order valence-electron chi connectivity index (χ0n) is 20.0. The number of nitrogens with zero attached hydrogens (tertiary/aromatic N) is 1. The summed E-state index contributed by atoms with van der Waals surface area (Å²) in [4.78, 5) is 17.9. The Labute approximate surface area is 193 Å². The van der Waals surface area contributed by atoms with Gasteiger partial charge in [0.2, 0.25) is 0 Å². The summed E-state index contributed by atoms with van der Waals surface area (Å²) in [6.45, 7) is 7.18. The Morgan fingerprint density at radius 1 is 0.844 bits per heavy atom. The summed E-state index contributed by atoms with van der Waals surface area (Å²) in [6, 6.07) is 16.2. The predicted octanol–water partition coefficient (Wildman–Crippen LogP) is 7.78. The predicted molar refractivity (Wildman–Crippen MR) is 136 cm³/mol. The molecule has 3 rings (SSSR count). The van der Waals surface area contributed by atoms with Crippen LogP contribution in [-0.2, 0) is 0 Å². The standard InChI is InChI=1S/C29H38N2O/c1-4-5-6-7-8-9-10-11-14-19-30-29(32)26-21-28(24-18-17-22(2)20-23(24)3)31-27-16-13-12-15-25(26)27/h12-13,15-18,20-21H,4-11,14,19H2,1-3H3,(H,30,32). The first-order chi connectivity index (χ1) is 15.6. The molecular weight excluding hydrogens is 392 g/mol. The summed E-state index contributed by atoms with van der Waals surface area (Å²) < 4.78 is 0. The number of rotatable bonds is 12. The first kappa shape index (κ1) is 24.0. The van der Waals surface area contributed by atoms with Gasteiger partial charge in [0.05, 0.1) is 16.8 Å². The summed E-state index contributed by atoms with van der Waals surface area (Å²) in [6.07, 6.45) is 11.5. The first-order valence-corrected chi connectivity index (χ1v) is 12.4. The molecule has 0 unspecified atom stereocenters. The van der Waals surface area contributed by atoms with Gasteiger partial charge in [-0.1, -0.05) is 100 Å². The van der Waals surface area contributed by atoms with E-state index in [1.165, 1.54) is 62.5 Å². The van der Waals surface area contributed by atoms with Gasteiger partial charge in [-0.2, -0.15) is 0 Å². The van der Waals surface area contributed by atoms with Crippen LogP contribution < -0.4 is 5.32 Å². The lowest BCUT2D eigenvalue weighted by Gasteiger charge is -2.12. The number of aromatic nitrogens is 1. The van der Waals surface area contributed by atoms with E-state index in [0.29, 0.717) is 5.56 Å². The zero-order chi connectivity index (χ0) is 22.8. The molecule has 1 N–H and O–H groups in total. The fourth-order valence-electron chi connectivity index (χ4n) is 4.34. The summed E-state index contributed by atoms with van der Waals surface area (Å²) in [5, 5.41) is 4.05. The number of amides is 1. The third-order valence-electron chi connectivity index (χ3n) is 6.18. The summed E-state index contributed by atoms with van der Waals surface area (Å²) in [5.41, 5.74) is 5.91. The number of benzene rings is 2. The zero-order valence-corrected chi connectivity index (χ0v) is 20.0. The highest BCUT2D eigenvalue weighted by Gasteiger charge is 2.14. The Balaban J connectivity index is 1.61. The molecule has 0 aliphatic rings. The highest BCUT2D eigenvalue weighted by molar-refractivity contribution is 6.07. The summed E-state index contributed by atoms with van der Waals surface area (Å²) in [7, 11) is 0. The third-order valence-corrected chi connectivity index (χ3v) is 6.18. The maximum atomic E-state index is 13.1. The number of hydrogen-bond donors (Lipinski definition) is 1. The van der Waals surface area contributed by atoms with Crippen molar-refractivity contribution in [3.05, 3.63) is 65.2 Å². The molecule has 1 amide bonds.